The molecule has 0 radical (unpaired) electrons. The summed E-state index contributed by atoms with van der Waals surface area (Å²) >= 11 is 0. The number of carboxylic acid groups (broad SMARTS) is 2. The molecule has 0 heterocycles. The summed E-state index contributed by atoms with van der Waals surface area (Å²) < 4.78 is 31.5. The van der Waals surface area contributed by atoms with Gasteiger partial charge < -0.3 is 32.1 Å². The maximum Gasteiger partial charge on any atom is 0.430 e. The third-order valence-corrected chi connectivity index (χ3v) is 0.231. The smallest absolute Gasteiger partial charge is 0.430 e. The van der Waals surface area contributed by atoms with E-state index in [4.69, 9.17) is 19.8 Å². The molecule has 0 saturated heterocycles. The second-order valence-corrected chi connectivity index (χ2v) is 1.28. The van der Waals surface area contributed by atoms with Gasteiger partial charge in [-0.1, -0.05) is 0 Å². The summed E-state index contributed by atoms with van der Waals surface area (Å²) in [6, 6.07) is 0. The molecule has 0 unspecified atom stereocenters. The van der Waals surface area contributed by atoms with Crippen molar-refractivity contribution >= 4 is 11.9 Å². The van der Waals surface area contributed by atoms with Gasteiger partial charge in [0, 0.05) is 5.97 Å². The van der Waals surface area contributed by atoms with Crippen molar-refractivity contribution in [3.63, 3.8) is 0 Å². The lowest BCUT2D eigenvalue weighted by Gasteiger charge is -2.03. The summed E-state index contributed by atoms with van der Waals surface area (Å²) in [7, 11) is 0. The highest BCUT2D eigenvalue weighted by Crippen LogP contribution is 2.11. The first-order valence-electron chi connectivity index (χ1n) is 2.13. The monoisotopic (exact) mass is 208 g/mol. The number of carbonyl (C=O) groups excluding carboxylic acids is 2. The van der Waals surface area contributed by atoms with Crippen LogP contribution in [-0.4, -0.2) is 18.1 Å². The van der Waals surface area contributed by atoms with E-state index < -0.39 is 18.1 Å². The first-order valence-corrected chi connectivity index (χ1v) is 2.13. The van der Waals surface area contributed by atoms with Gasteiger partial charge in [-0.2, -0.15) is 13.2 Å². The summed E-state index contributed by atoms with van der Waals surface area (Å²) in [6.45, 7) is 0.972. The number of alkyl halides is 3. The van der Waals surface area contributed by atoms with Crippen LogP contribution in [0.4, 0.5) is 13.2 Å². The Balaban J connectivity index is -0.0000000600. The van der Waals surface area contributed by atoms with Gasteiger partial charge in [-0.15, -0.1) is 0 Å². The summed E-state index contributed by atoms with van der Waals surface area (Å²) in [5.74, 6) is -4.09. The largest absolute Gasteiger partial charge is 0.550 e. The molecule has 0 bridgehead atoms. The van der Waals surface area contributed by atoms with Gasteiger partial charge in [0.15, 0.2) is 0 Å². The van der Waals surface area contributed by atoms with Crippen LogP contribution < -0.4 is 22.5 Å². The second-order valence-electron chi connectivity index (χ2n) is 1.28. The van der Waals surface area contributed by atoms with E-state index in [0.717, 1.165) is 6.92 Å². The quantitative estimate of drug-likeness (QED) is 0.513. The van der Waals surface area contributed by atoms with E-state index in [1.54, 1.807) is 0 Å². The summed E-state index contributed by atoms with van der Waals surface area (Å²) in [4.78, 5) is 17.7. The van der Waals surface area contributed by atoms with E-state index >= 15 is 0 Å². The molecule has 0 saturated carbocycles. The Kier molecular flexibility index (Phi) is 15.2. The van der Waals surface area contributed by atoms with E-state index in [1.165, 1.54) is 0 Å². The molecule has 0 atom stereocenters. The highest BCUT2D eigenvalue weighted by atomic mass is 19.4. The molecule has 0 aliphatic heterocycles. The fourth-order valence-corrected chi connectivity index (χ4v) is 0. The van der Waals surface area contributed by atoms with E-state index in [0.29, 0.717) is 0 Å². The normalized spacial score (nSPS) is 8.00. The zero-order valence-electron chi connectivity index (χ0n) is 7.27. The molecule has 0 fully saturated rings. The molecule has 9 heteroatoms. The van der Waals surface area contributed by atoms with Crippen LogP contribution >= 0.6 is 0 Å². The van der Waals surface area contributed by atoms with Crippen LogP contribution in [0.3, 0.4) is 0 Å². The molecule has 0 spiro atoms. The van der Waals surface area contributed by atoms with Gasteiger partial charge in [-0.25, -0.2) is 0 Å². The first kappa shape index (κ1) is 22.6. The number of quaternary nitrogens is 2. The lowest BCUT2D eigenvalue weighted by atomic mass is 10.7. The minimum absolute atomic E-state index is 0. The van der Waals surface area contributed by atoms with Crippen molar-refractivity contribution in [2.24, 2.45) is 0 Å². The minimum atomic E-state index is -5.19. The van der Waals surface area contributed by atoms with Crippen molar-refractivity contribution in [1.29, 1.82) is 0 Å². The second kappa shape index (κ2) is 8.74. The lowest BCUT2D eigenvalue weighted by Crippen LogP contribution is -2.37. The molecule has 82 valence electrons. The number of hydrogen-bond acceptors (Lipinski definition) is 4. The molecular formula is C4H11F3N2O4. The van der Waals surface area contributed by atoms with Gasteiger partial charge in [0.25, 0.3) is 0 Å². The summed E-state index contributed by atoms with van der Waals surface area (Å²) in [5, 5.41) is 17.7. The van der Waals surface area contributed by atoms with Crippen molar-refractivity contribution in [1.82, 2.24) is 12.3 Å². The third-order valence-electron chi connectivity index (χ3n) is 0.231. The molecule has 0 aromatic rings. The van der Waals surface area contributed by atoms with Gasteiger partial charge in [0.1, 0.15) is 5.97 Å². The Hall–Kier alpha value is -1.35. The van der Waals surface area contributed by atoms with Crippen LogP contribution in [0.5, 0.6) is 0 Å². The Bertz CT molecular complexity index is 154. The van der Waals surface area contributed by atoms with Crippen molar-refractivity contribution in [2.45, 2.75) is 13.1 Å². The van der Waals surface area contributed by atoms with E-state index in [1.807, 2.05) is 0 Å². The SMILES string of the molecule is CC(=O)[O-].O=C([O-])C(F)(F)F.[NH4+].[NH4+]. The van der Waals surface area contributed by atoms with Crippen molar-refractivity contribution in [2.75, 3.05) is 0 Å². The number of carbonyl (C=O) groups is 2. The van der Waals surface area contributed by atoms with Crippen LogP contribution in [0.15, 0.2) is 0 Å². The number of halogens is 3. The van der Waals surface area contributed by atoms with Crippen LogP contribution in [-0.2, 0) is 9.59 Å². The van der Waals surface area contributed by atoms with Gasteiger partial charge in [0.05, 0.1) is 0 Å². The molecule has 0 aliphatic carbocycles. The zero-order chi connectivity index (χ0) is 9.65. The highest BCUT2D eigenvalue weighted by Gasteiger charge is 2.28. The fourth-order valence-electron chi connectivity index (χ4n) is 0. The van der Waals surface area contributed by atoms with Gasteiger partial charge in [0.2, 0.25) is 0 Å². The van der Waals surface area contributed by atoms with Crippen LogP contribution in [0.25, 0.3) is 0 Å². The average molecular weight is 208 g/mol. The number of hydrogen-bond donors (Lipinski definition) is 2. The highest BCUT2D eigenvalue weighted by molar-refractivity contribution is 5.70. The predicted octanol–water partition coefficient (Wildman–Crippen LogP) is -1.19. The van der Waals surface area contributed by atoms with E-state index in [2.05, 4.69) is 0 Å². The number of rotatable bonds is 0. The lowest BCUT2D eigenvalue weighted by molar-refractivity contribution is -0.344. The van der Waals surface area contributed by atoms with Crippen molar-refractivity contribution < 1.29 is 33.0 Å². The third kappa shape index (κ3) is 36.9. The van der Waals surface area contributed by atoms with Crippen molar-refractivity contribution in [3.8, 4) is 0 Å². The Morgan fingerprint density at radius 1 is 1.08 bits per heavy atom. The maximum absolute atomic E-state index is 10.5. The minimum Gasteiger partial charge on any atom is -0.550 e. The Labute approximate surface area is 71.5 Å². The standard InChI is InChI=1S/C2HF3O2.C2H4O2.2H3N/c3-2(4,5)1(6)7;1-2(3)4;;/h(H,6,7);1H3,(H,3,4);2*1H3. The van der Waals surface area contributed by atoms with E-state index in [-0.39, 0.29) is 12.3 Å². The molecule has 0 aliphatic rings. The van der Waals surface area contributed by atoms with Gasteiger partial charge in [-0.05, 0) is 6.92 Å². The van der Waals surface area contributed by atoms with Gasteiger partial charge >= 0.3 is 6.18 Å². The molecule has 6 nitrogen and oxygen atoms in total. The number of carboxylic acids is 2. The molecule has 8 N–H and O–H groups in total. The summed E-state index contributed by atoms with van der Waals surface area (Å²) in [5.41, 5.74) is 0. The molecule has 0 aromatic heterocycles. The zero-order valence-corrected chi connectivity index (χ0v) is 7.27. The van der Waals surface area contributed by atoms with Crippen LogP contribution in [0, 0.1) is 0 Å². The van der Waals surface area contributed by atoms with Crippen LogP contribution in [0.1, 0.15) is 6.92 Å². The number of aliphatic carboxylic acids is 2. The fraction of sp³-hybridized carbons (Fsp3) is 0.500. The molecular weight excluding hydrogens is 197 g/mol. The average Bonchev–Trinajstić information content (AvgIpc) is 1.59. The molecule has 0 aromatic carbocycles. The van der Waals surface area contributed by atoms with E-state index in [9.17, 15) is 13.2 Å². The maximum atomic E-state index is 10.5. The molecule has 0 rings (SSSR count). The molecule has 0 amide bonds. The topological polar surface area (TPSA) is 153 Å². The summed E-state index contributed by atoms with van der Waals surface area (Å²) in [6.07, 6.45) is -5.19. The van der Waals surface area contributed by atoms with Gasteiger partial charge in [-0.3, -0.25) is 0 Å². The first-order chi connectivity index (χ1) is 4.68. The van der Waals surface area contributed by atoms with Crippen molar-refractivity contribution in [3.05, 3.63) is 0 Å². The Morgan fingerprint density at radius 3 is 1.15 bits per heavy atom. The Morgan fingerprint density at radius 2 is 1.15 bits per heavy atom. The molecule has 13 heavy (non-hydrogen) atoms. The van der Waals surface area contributed by atoms with Crippen LogP contribution in [0.2, 0.25) is 0 Å². The predicted molar refractivity (Wildman–Crippen MR) is 33.7 cm³/mol.